The predicted octanol–water partition coefficient (Wildman–Crippen LogP) is 3.62. The lowest BCUT2D eigenvalue weighted by Crippen LogP contribution is -2.40. The molecule has 2 rings (SSSR count). The molecule has 2 unspecified atom stereocenters. The number of rotatable bonds is 1. The maximum atomic E-state index is 13.0. The standard InChI is InChI=1S/C13H17F3O2/c1-11(2,3)18-10(17)12-5-4-8(7-12)6-9(12)13(14,15)16/h6,8H,4-5,7H2,1-3H3. The van der Waals surface area contributed by atoms with Crippen molar-refractivity contribution in [2.75, 3.05) is 0 Å². The molecule has 0 N–H and O–H groups in total. The molecule has 0 aromatic rings. The van der Waals surface area contributed by atoms with Gasteiger partial charge < -0.3 is 4.74 Å². The van der Waals surface area contributed by atoms with Gasteiger partial charge in [-0.1, -0.05) is 6.08 Å². The summed E-state index contributed by atoms with van der Waals surface area (Å²) in [6.07, 6.45) is -2.09. The summed E-state index contributed by atoms with van der Waals surface area (Å²) in [7, 11) is 0. The van der Waals surface area contributed by atoms with Gasteiger partial charge in [-0.25, -0.2) is 0 Å². The van der Waals surface area contributed by atoms with Crippen LogP contribution in [0, 0.1) is 11.3 Å². The number of alkyl halides is 3. The lowest BCUT2D eigenvalue weighted by Gasteiger charge is -2.32. The SMILES string of the molecule is CC(C)(C)OC(=O)C12CCC(C=C1C(F)(F)F)C2. The number of allylic oxidation sites excluding steroid dienone is 1. The lowest BCUT2D eigenvalue weighted by atomic mass is 9.80. The van der Waals surface area contributed by atoms with E-state index in [1.807, 2.05) is 0 Å². The second-order valence-electron chi connectivity index (χ2n) is 6.16. The van der Waals surface area contributed by atoms with Crippen molar-refractivity contribution in [2.45, 2.75) is 51.8 Å². The summed E-state index contributed by atoms with van der Waals surface area (Å²) in [4.78, 5) is 12.1. The zero-order valence-corrected chi connectivity index (χ0v) is 10.7. The quantitative estimate of drug-likeness (QED) is 0.533. The average molecular weight is 262 g/mol. The number of halogens is 3. The first-order chi connectivity index (χ1) is 8.05. The topological polar surface area (TPSA) is 26.3 Å². The molecule has 2 bridgehead atoms. The van der Waals surface area contributed by atoms with E-state index in [1.165, 1.54) is 6.08 Å². The van der Waals surface area contributed by atoms with Crippen LogP contribution in [0.4, 0.5) is 13.2 Å². The second-order valence-corrected chi connectivity index (χ2v) is 6.16. The Morgan fingerprint density at radius 3 is 2.44 bits per heavy atom. The predicted molar refractivity (Wildman–Crippen MR) is 59.8 cm³/mol. The van der Waals surface area contributed by atoms with Gasteiger partial charge in [0.25, 0.3) is 0 Å². The van der Waals surface area contributed by atoms with Crippen LogP contribution in [0.25, 0.3) is 0 Å². The summed E-state index contributed by atoms with van der Waals surface area (Å²) in [6.45, 7) is 5.00. The zero-order valence-electron chi connectivity index (χ0n) is 10.7. The van der Waals surface area contributed by atoms with Gasteiger partial charge in [0, 0.05) is 5.57 Å². The van der Waals surface area contributed by atoms with Crippen LogP contribution >= 0.6 is 0 Å². The molecule has 2 aliphatic carbocycles. The van der Waals surface area contributed by atoms with E-state index in [-0.39, 0.29) is 18.8 Å². The van der Waals surface area contributed by atoms with E-state index >= 15 is 0 Å². The van der Waals surface area contributed by atoms with Gasteiger partial charge in [0.2, 0.25) is 0 Å². The molecular formula is C13H17F3O2. The fourth-order valence-corrected chi connectivity index (χ4v) is 2.90. The Balaban J connectivity index is 2.30. The third-order valence-electron chi connectivity index (χ3n) is 3.57. The molecule has 2 aliphatic rings. The molecular weight excluding hydrogens is 245 g/mol. The van der Waals surface area contributed by atoms with Gasteiger partial charge in [-0.15, -0.1) is 0 Å². The van der Waals surface area contributed by atoms with Gasteiger partial charge in [0.15, 0.2) is 0 Å². The van der Waals surface area contributed by atoms with Crippen molar-refractivity contribution in [3.8, 4) is 0 Å². The van der Waals surface area contributed by atoms with E-state index in [0.29, 0.717) is 6.42 Å². The molecule has 0 aromatic carbocycles. The van der Waals surface area contributed by atoms with Crippen molar-refractivity contribution in [3.63, 3.8) is 0 Å². The van der Waals surface area contributed by atoms with Gasteiger partial charge >= 0.3 is 12.1 Å². The number of fused-ring (bicyclic) bond motifs is 2. The Morgan fingerprint density at radius 2 is 2.00 bits per heavy atom. The number of ether oxygens (including phenoxy) is 1. The Labute approximate surface area is 104 Å². The van der Waals surface area contributed by atoms with Crippen molar-refractivity contribution >= 4 is 5.97 Å². The third-order valence-corrected chi connectivity index (χ3v) is 3.57. The summed E-state index contributed by atoms with van der Waals surface area (Å²) < 4.78 is 44.1. The minimum atomic E-state index is -4.44. The van der Waals surface area contributed by atoms with Crippen molar-refractivity contribution in [1.29, 1.82) is 0 Å². The molecule has 0 heterocycles. The zero-order chi connectivity index (χ0) is 13.8. The average Bonchev–Trinajstić information content (AvgIpc) is 2.71. The highest BCUT2D eigenvalue weighted by molar-refractivity contribution is 5.83. The summed E-state index contributed by atoms with van der Waals surface area (Å²) in [5.41, 5.74) is -2.90. The van der Waals surface area contributed by atoms with Gasteiger partial charge in [-0.2, -0.15) is 13.2 Å². The molecule has 1 fully saturated rings. The van der Waals surface area contributed by atoms with Crippen molar-refractivity contribution in [1.82, 2.24) is 0 Å². The molecule has 0 aliphatic heterocycles. The van der Waals surface area contributed by atoms with E-state index in [9.17, 15) is 18.0 Å². The van der Waals surface area contributed by atoms with Crippen LogP contribution in [0.15, 0.2) is 11.6 Å². The normalized spacial score (nSPS) is 31.4. The van der Waals surface area contributed by atoms with Crippen molar-refractivity contribution in [2.24, 2.45) is 11.3 Å². The molecule has 0 saturated heterocycles. The van der Waals surface area contributed by atoms with E-state index in [4.69, 9.17) is 4.74 Å². The van der Waals surface area contributed by atoms with E-state index in [0.717, 1.165) is 0 Å². The van der Waals surface area contributed by atoms with E-state index in [2.05, 4.69) is 0 Å². The first-order valence-electron chi connectivity index (χ1n) is 6.07. The van der Waals surface area contributed by atoms with E-state index < -0.39 is 28.7 Å². The Hall–Kier alpha value is -1.00. The van der Waals surface area contributed by atoms with Crippen LogP contribution in [0.5, 0.6) is 0 Å². The van der Waals surface area contributed by atoms with Gasteiger partial charge in [0.05, 0.1) is 5.41 Å². The molecule has 0 aromatic heterocycles. The molecule has 0 amide bonds. The van der Waals surface area contributed by atoms with Crippen LogP contribution in [0.2, 0.25) is 0 Å². The second kappa shape index (κ2) is 3.75. The number of hydrogen-bond acceptors (Lipinski definition) is 2. The highest BCUT2D eigenvalue weighted by atomic mass is 19.4. The van der Waals surface area contributed by atoms with Gasteiger partial charge in [-0.3, -0.25) is 4.79 Å². The highest BCUT2D eigenvalue weighted by Gasteiger charge is 2.61. The smallest absolute Gasteiger partial charge is 0.413 e. The Bertz CT molecular complexity index is 403. The number of carbonyl (C=O) groups is 1. The monoisotopic (exact) mass is 262 g/mol. The van der Waals surface area contributed by atoms with Gasteiger partial charge in [-0.05, 0) is 46.0 Å². The maximum absolute atomic E-state index is 13.0. The van der Waals surface area contributed by atoms with Gasteiger partial charge in [0.1, 0.15) is 5.60 Å². The number of carbonyl (C=O) groups excluding carboxylic acids is 1. The Morgan fingerprint density at radius 1 is 1.39 bits per heavy atom. The number of esters is 1. The lowest BCUT2D eigenvalue weighted by molar-refractivity contribution is -0.171. The summed E-state index contributed by atoms with van der Waals surface area (Å²) in [5, 5.41) is 0. The summed E-state index contributed by atoms with van der Waals surface area (Å²) in [6, 6.07) is 0. The maximum Gasteiger partial charge on any atom is 0.413 e. The van der Waals surface area contributed by atoms with E-state index in [1.54, 1.807) is 20.8 Å². The first kappa shape index (κ1) is 13.4. The number of hydrogen-bond donors (Lipinski definition) is 0. The fourth-order valence-electron chi connectivity index (χ4n) is 2.90. The molecule has 1 saturated carbocycles. The van der Waals surface area contributed by atoms with Crippen LogP contribution in [-0.2, 0) is 9.53 Å². The molecule has 5 heteroatoms. The minimum absolute atomic E-state index is 0.130. The van der Waals surface area contributed by atoms with Crippen LogP contribution in [0.3, 0.4) is 0 Å². The highest BCUT2D eigenvalue weighted by Crippen LogP contribution is 2.59. The fraction of sp³-hybridized carbons (Fsp3) is 0.769. The third kappa shape index (κ3) is 2.15. The van der Waals surface area contributed by atoms with Crippen molar-refractivity contribution in [3.05, 3.63) is 11.6 Å². The summed E-state index contributed by atoms with van der Waals surface area (Å²) in [5.74, 6) is -0.854. The molecule has 2 atom stereocenters. The first-order valence-corrected chi connectivity index (χ1v) is 6.07. The van der Waals surface area contributed by atoms with Crippen molar-refractivity contribution < 1.29 is 22.7 Å². The van der Waals surface area contributed by atoms with Crippen LogP contribution < -0.4 is 0 Å². The summed E-state index contributed by atoms with van der Waals surface area (Å²) >= 11 is 0. The largest absolute Gasteiger partial charge is 0.459 e. The molecule has 102 valence electrons. The van der Waals surface area contributed by atoms with Crippen LogP contribution in [-0.4, -0.2) is 17.7 Å². The molecule has 18 heavy (non-hydrogen) atoms. The minimum Gasteiger partial charge on any atom is -0.459 e. The molecule has 0 radical (unpaired) electrons. The molecule has 0 spiro atoms. The molecule has 2 nitrogen and oxygen atoms in total. The van der Waals surface area contributed by atoms with Crippen LogP contribution in [0.1, 0.15) is 40.0 Å². The Kier molecular flexibility index (Phi) is 2.80.